The summed E-state index contributed by atoms with van der Waals surface area (Å²) in [6, 6.07) is 4.39. The molecule has 2 aliphatic rings. The van der Waals surface area contributed by atoms with E-state index in [1.165, 1.54) is 57.3 Å². The summed E-state index contributed by atoms with van der Waals surface area (Å²) >= 11 is 0. The molecule has 1 fully saturated rings. The fourth-order valence-electron chi connectivity index (χ4n) is 4.02. The first kappa shape index (κ1) is 19.2. The third kappa shape index (κ3) is 4.97. The number of halogens is 1. The summed E-state index contributed by atoms with van der Waals surface area (Å²) < 4.78 is 18.7. The van der Waals surface area contributed by atoms with Crippen molar-refractivity contribution in [2.75, 3.05) is 37.7 Å². The van der Waals surface area contributed by atoms with Gasteiger partial charge in [-0.25, -0.2) is 4.39 Å². The van der Waals surface area contributed by atoms with Crippen LogP contribution in [0.15, 0.2) is 18.2 Å². The van der Waals surface area contributed by atoms with E-state index in [-0.39, 0.29) is 18.3 Å². The number of benzene rings is 1. The second-order valence-electron chi connectivity index (χ2n) is 7.58. The van der Waals surface area contributed by atoms with Crippen molar-refractivity contribution in [3.8, 4) is 5.75 Å². The zero-order chi connectivity index (χ0) is 18.4. The predicted octanol–water partition coefficient (Wildman–Crippen LogP) is 4.23. The SMILES string of the molecule is CCCCC1CCN(CCCCN2C(=O)COc3cc(F)ccc32)CC1. The Hall–Kier alpha value is -1.62. The summed E-state index contributed by atoms with van der Waals surface area (Å²) in [6.07, 6.45) is 8.77. The molecule has 0 aromatic heterocycles. The van der Waals surface area contributed by atoms with E-state index in [9.17, 15) is 9.18 Å². The molecule has 2 heterocycles. The zero-order valence-electron chi connectivity index (χ0n) is 15.9. The Bertz CT molecular complexity index is 600. The van der Waals surface area contributed by atoms with Crippen LogP contribution in [0.1, 0.15) is 51.9 Å². The average Bonchev–Trinajstić information content (AvgIpc) is 2.66. The quantitative estimate of drug-likeness (QED) is 0.649. The molecule has 4 nitrogen and oxygen atoms in total. The summed E-state index contributed by atoms with van der Waals surface area (Å²) in [6.45, 7) is 6.48. The number of anilines is 1. The molecule has 0 N–H and O–H groups in total. The van der Waals surface area contributed by atoms with Crippen LogP contribution in [0.25, 0.3) is 0 Å². The molecule has 0 saturated carbocycles. The molecule has 0 aliphatic carbocycles. The highest BCUT2D eigenvalue weighted by molar-refractivity contribution is 5.97. The molecule has 1 amide bonds. The van der Waals surface area contributed by atoms with Crippen molar-refractivity contribution < 1.29 is 13.9 Å². The van der Waals surface area contributed by atoms with E-state index in [2.05, 4.69) is 11.8 Å². The number of hydrogen-bond donors (Lipinski definition) is 0. The van der Waals surface area contributed by atoms with Crippen LogP contribution < -0.4 is 9.64 Å². The van der Waals surface area contributed by atoms with Crippen LogP contribution in [0.3, 0.4) is 0 Å². The zero-order valence-corrected chi connectivity index (χ0v) is 15.9. The highest BCUT2D eigenvalue weighted by Gasteiger charge is 2.25. The lowest BCUT2D eigenvalue weighted by atomic mass is 9.91. The predicted molar refractivity (Wildman–Crippen MR) is 102 cm³/mol. The molecule has 0 radical (unpaired) electrons. The Morgan fingerprint density at radius 3 is 2.69 bits per heavy atom. The van der Waals surface area contributed by atoms with Crippen LogP contribution in [-0.2, 0) is 4.79 Å². The Balaban J connectivity index is 1.40. The van der Waals surface area contributed by atoms with Gasteiger partial charge in [-0.05, 0) is 63.4 Å². The Kier molecular flexibility index (Phi) is 6.89. The summed E-state index contributed by atoms with van der Waals surface area (Å²) in [7, 11) is 0. The molecule has 0 bridgehead atoms. The molecule has 1 saturated heterocycles. The number of rotatable bonds is 8. The largest absolute Gasteiger partial charge is 0.481 e. The summed E-state index contributed by atoms with van der Waals surface area (Å²) in [5.41, 5.74) is 0.694. The number of piperidine rings is 1. The molecule has 0 atom stereocenters. The fraction of sp³-hybridized carbons (Fsp3) is 0.667. The summed E-state index contributed by atoms with van der Waals surface area (Å²) in [4.78, 5) is 16.5. The van der Waals surface area contributed by atoms with Gasteiger partial charge in [-0.1, -0.05) is 26.2 Å². The van der Waals surface area contributed by atoms with Gasteiger partial charge in [-0.15, -0.1) is 0 Å². The minimum atomic E-state index is -0.333. The average molecular weight is 362 g/mol. The highest BCUT2D eigenvalue weighted by Crippen LogP contribution is 2.32. The van der Waals surface area contributed by atoms with Gasteiger partial charge in [0.25, 0.3) is 5.91 Å². The van der Waals surface area contributed by atoms with Gasteiger partial charge in [0.15, 0.2) is 6.61 Å². The lowest BCUT2D eigenvalue weighted by Gasteiger charge is -2.32. The molecule has 1 aromatic carbocycles. The number of unbranched alkanes of at least 4 members (excludes halogenated alkanes) is 2. The Labute approximate surface area is 156 Å². The van der Waals surface area contributed by atoms with E-state index in [1.807, 2.05) is 0 Å². The summed E-state index contributed by atoms with van der Waals surface area (Å²) in [5, 5.41) is 0. The van der Waals surface area contributed by atoms with Crippen LogP contribution in [0, 0.1) is 11.7 Å². The van der Waals surface area contributed by atoms with Gasteiger partial charge < -0.3 is 14.5 Å². The lowest BCUT2D eigenvalue weighted by molar-refractivity contribution is -0.121. The third-order valence-electron chi connectivity index (χ3n) is 5.64. The van der Waals surface area contributed by atoms with Crippen LogP contribution >= 0.6 is 0 Å². The molecule has 2 aliphatic heterocycles. The van der Waals surface area contributed by atoms with Gasteiger partial charge in [0.2, 0.25) is 0 Å². The fourth-order valence-corrected chi connectivity index (χ4v) is 4.02. The number of fused-ring (bicyclic) bond motifs is 1. The molecular formula is C21H31FN2O2. The van der Waals surface area contributed by atoms with Gasteiger partial charge in [-0.2, -0.15) is 0 Å². The van der Waals surface area contributed by atoms with Crippen molar-refractivity contribution >= 4 is 11.6 Å². The molecule has 3 rings (SSSR count). The van der Waals surface area contributed by atoms with Crippen LogP contribution in [-0.4, -0.2) is 43.6 Å². The topological polar surface area (TPSA) is 32.8 Å². The second kappa shape index (κ2) is 9.36. The van der Waals surface area contributed by atoms with Crippen LogP contribution in [0.2, 0.25) is 0 Å². The van der Waals surface area contributed by atoms with Gasteiger partial charge in [0.1, 0.15) is 11.6 Å². The number of amides is 1. The minimum Gasteiger partial charge on any atom is -0.481 e. The van der Waals surface area contributed by atoms with Crippen molar-refractivity contribution in [1.29, 1.82) is 0 Å². The number of ether oxygens (including phenoxy) is 1. The standard InChI is InChI=1S/C21H31FN2O2/c1-2-3-6-17-9-13-23(14-10-17)11-4-5-12-24-19-8-7-18(22)15-20(19)26-16-21(24)25/h7-8,15,17H,2-6,9-14,16H2,1H3. The second-order valence-corrected chi connectivity index (χ2v) is 7.58. The Morgan fingerprint density at radius 2 is 1.92 bits per heavy atom. The van der Waals surface area contributed by atoms with E-state index in [4.69, 9.17) is 4.74 Å². The first-order valence-electron chi connectivity index (χ1n) is 10.1. The van der Waals surface area contributed by atoms with Crippen molar-refractivity contribution in [3.05, 3.63) is 24.0 Å². The molecule has 0 unspecified atom stereocenters. The number of hydrogen-bond acceptors (Lipinski definition) is 3. The number of likely N-dealkylation sites (tertiary alicyclic amines) is 1. The maximum absolute atomic E-state index is 13.3. The lowest BCUT2D eigenvalue weighted by Crippen LogP contribution is -2.40. The van der Waals surface area contributed by atoms with Crippen molar-refractivity contribution in [2.45, 2.75) is 51.9 Å². The highest BCUT2D eigenvalue weighted by atomic mass is 19.1. The third-order valence-corrected chi connectivity index (χ3v) is 5.64. The summed E-state index contributed by atoms with van der Waals surface area (Å²) in [5.74, 6) is 1.02. The van der Waals surface area contributed by atoms with Crippen LogP contribution in [0.4, 0.5) is 10.1 Å². The van der Waals surface area contributed by atoms with Gasteiger partial charge in [0, 0.05) is 12.6 Å². The van der Waals surface area contributed by atoms with Gasteiger partial charge >= 0.3 is 0 Å². The first-order chi connectivity index (χ1) is 12.7. The van der Waals surface area contributed by atoms with E-state index in [0.717, 1.165) is 25.3 Å². The monoisotopic (exact) mass is 362 g/mol. The van der Waals surface area contributed by atoms with E-state index in [0.29, 0.717) is 18.0 Å². The molecular weight excluding hydrogens is 331 g/mol. The molecule has 1 aromatic rings. The maximum atomic E-state index is 13.3. The smallest absolute Gasteiger partial charge is 0.265 e. The van der Waals surface area contributed by atoms with Crippen LogP contribution in [0.5, 0.6) is 5.75 Å². The van der Waals surface area contributed by atoms with Crippen molar-refractivity contribution in [1.82, 2.24) is 4.90 Å². The normalized spacial score (nSPS) is 18.7. The van der Waals surface area contributed by atoms with Crippen molar-refractivity contribution in [2.24, 2.45) is 5.92 Å². The maximum Gasteiger partial charge on any atom is 0.265 e. The van der Waals surface area contributed by atoms with E-state index in [1.54, 1.807) is 11.0 Å². The van der Waals surface area contributed by atoms with Gasteiger partial charge in [0.05, 0.1) is 5.69 Å². The Morgan fingerprint density at radius 1 is 1.15 bits per heavy atom. The first-order valence-corrected chi connectivity index (χ1v) is 10.1. The molecule has 5 heteroatoms. The number of carbonyl (C=O) groups is 1. The molecule has 26 heavy (non-hydrogen) atoms. The van der Waals surface area contributed by atoms with E-state index >= 15 is 0 Å². The number of carbonyl (C=O) groups excluding carboxylic acids is 1. The molecule has 144 valence electrons. The molecule has 0 spiro atoms. The van der Waals surface area contributed by atoms with Crippen molar-refractivity contribution in [3.63, 3.8) is 0 Å². The van der Waals surface area contributed by atoms with Gasteiger partial charge in [-0.3, -0.25) is 4.79 Å². The minimum absolute atomic E-state index is 0.00171. The van der Waals surface area contributed by atoms with E-state index < -0.39 is 0 Å². The number of nitrogens with zero attached hydrogens (tertiary/aromatic N) is 2.